The third-order valence-corrected chi connectivity index (χ3v) is 7.42. The van der Waals surface area contributed by atoms with E-state index in [4.69, 9.17) is 9.47 Å². The van der Waals surface area contributed by atoms with E-state index < -0.39 is 11.7 Å². The fourth-order valence-corrected chi connectivity index (χ4v) is 5.35. The fourth-order valence-electron chi connectivity index (χ4n) is 5.35. The molecule has 0 amide bonds. The Hall–Kier alpha value is -2.28. The van der Waals surface area contributed by atoms with Crippen LogP contribution in [0.2, 0.25) is 0 Å². The molecule has 4 nitrogen and oxygen atoms in total. The first-order valence-corrected chi connectivity index (χ1v) is 12.1. The molecular formula is C27H34F3NO3. The highest BCUT2D eigenvalue weighted by atomic mass is 19.4. The molecule has 2 aromatic rings. The number of likely N-dealkylation sites (tertiary alicyclic amines) is 1. The molecule has 0 bridgehead atoms. The molecule has 186 valence electrons. The van der Waals surface area contributed by atoms with Gasteiger partial charge in [-0.25, -0.2) is 0 Å². The van der Waals surface area contributed by atoms with Crippen LogP contribution < -0.4 is 4.74 Å². The zero-order valence-corrected chi connectivity index (χ0v) is 20.4. The average molecular weight is 478 g/mol. The Morgan fingerprint density at radius 2 is 1.71 bits per heavy atom. The van der Waals surface area contributed by atoms with E-state index in [1.165, 1.54) is 13.2 Å². The first-order chi connectivity index (χ1) is 16.0. The highest BCUT2D eigenvalue weighted by molar-refractivity contribution is 5.89. The van der Waals surface area contributed by atoms with Gasteiger partial charge in [0, 0.05) is 19.6 Å². The largest absolute Gasteiger partial charge is 0.490 e. The van der Waals surface area contributed by atoms with Crippen LogP contribution in [-0.2, 0) is 22.3 Å². The molecule has 34 heavy (non-hydrogen) atoms. The van der Waals surface area contributed by atoms with Crippen molar-refractivity contribution in [3.05, 3.63) is 41.5 Å². The summed E-state index contributed by atoms with van der Waals surface area (Å²) in [4.78, 5) is 13.6. The molecule has 1 heterocycles. The van der Waals surface area contributed by atoms with Crippen LogP contribution in [0.15, 0.2) is 30.3 Å². The molecule has 0 N–H and O–H groups in total. The first-order valence-electron chi connectivity index (χ1n) is 12.1. The summed E-state index contributed by atoms with van der Waals surface area (Å²) in [6, 6.07) is 8.28. The molecule has 1 saturated heterocycles. The number of esters is 1. The lowest BCUT2D eigenvalue weighted by Gasteiger charge is -2.37. The average Bonchev–Trinajstić information content (AvgIpc) is 2.74. The predicted molar refractivity (Wildman–Crippen MR) is 126 cm³/mol. The third-order valence-electron chi connectivity index (χ3n) is 7.42. The van der Waals surface area contributed by atoms with E-state index in [0.717, 1.165) is 31.2 Å². The second kappa shape index (κ2) is 9.40. The van der Waals surface area contributed by atoms with Gasteiger partial charge in [-0.3, -0.25) is 9.69 Å². The summed E-state index contributed by atoms with van der Waals surface area (Å²) in [6.45, 7) is 8.44. The van der Waals surface area contributed by atoms with Crippen molar-refractivity contribution in [1.82, 2.24) is 4.90 Å². The normalized spacial score (nSPS) is 22.4. The number of carbonyl (C=O) groups excluding carboxylic acids is 1. The maximum atomic E-state index is 14.1. The van der Waals surface area contributed by atoms with E-state index in [1.54, 1.807) is 24.3 Å². The second-order valence-electron chi connectivity index (χ2n) is 10.9. The molecule has 0 aromatic heterocycles. The molecule has 2 aliphatic rings. The van der Waals surface area contributed by atoms with E-state index in [0.29, 0.717) is 30.9 Å². The summed E-state index contributed by atoms with van der Waals surface area (Å²) < 4.78 is 53.2. The van der Waals surface area contributed by atoms with Crippen molar-refractivity contribution in [3.8, 4) is 5.75 Å². The highest BCUT2D eigenvalue weighted by Gasteiger charge is 2.38. The molecule has 1 aliphatic heterocycles. The van der Waals surface area contributed by atoms with Crippen LogP contribution in [0.25, 0.3) is 10.8 Å². The monoisotopic (exact) mass is 477 g/mol. The summed E-state index contributed by atoms with van der Waals surface area (Å²) in [5.74, 6) is 0.152. The summed E-state index contributed by atoms with van der Waals surface area (Å²) in [7, 11) is 1.38. The van der Waals surface area contributed by atoms with E-state index >= 15 is 0 Å². The zero-order chi connectivity index (χ0) is 24.7. The van der Waals surface area contributed by atoms with Crippen molar-refractivity contribution in [3.63, 3.8) is 0 Å². The van der Waals surface area contributed by atoms with Gasteiger partial charge in [0.15, 0.2) is 0 Å². The number of halogens is 3. The summed E-state index contributed by atoms with van der Waals surface area (Å²) in [5, 5.41) is 0.701. The number of ether oxygens (including phenoxy) is 2. The third kappa shape index (κ3) is 5.35. The van der Waals surface area contributed by atoms with Crippen LogP contribution in [0, 0.1) is 17.3 Å². The predicted octanol–water partition coefficient (Wildman–Crippen LogP) is 6.45. The van der Waals surface area contributed by atoms with E-state index in [1.807, 2.05) is 0 Å². The molecule has 0 spiro atoms. The lowest BCUT2D eigenvalue weighted by molar-refractivity contribution is -0.151. The number of methoxy groups -OCH3 is 1. The van der Waals surface area contributed by atoms with Gasteiger partial charge in [0.2, 0.25) is 0 Å². The first kappa shape index (κ1) is 24.8. The van der Waals surface area contributed by atoms with Crippen LogP contribution >= 0.6 is 0 Å². The van der Waals surface area contributed by atoms with Gasteiger partial charge in [-0.2, -0.15) is 13.2 Å². The van der Waals surface area contributed by atoms with Crippen molar-refractivity contribution >= 4 is 16.7 Å². The number of nitrogens with zero attached hydrogens (tertiary/aromatic N) is 1. The van der Waals surface area contributed by atoms with Gasteiger partial charge in [-0.15, -0.1) is 0 Å². The van der Waals surface area contributed by atoms with Gasteiger partial charge >= 0.3 is 12.1 Å². The molecule has 2 aromatic carbocycles. The van der Waals surface area contributed by atoms with Crippen molar-refractivity contribution in [1.29, 1.82) is 0 Å². The molecule has 1 aliphatic carbocycles. The zero-order valence-electron chi connectivity index (χ0n) is 20.4. The number of benzene rings is 2. The Bertz CT molecular complexity index is 1030. The summed E-state index contributed by atoms with van der Waals surface area (Å²) >= 11 is 0. The van der Waals surface area contributed by atoms with Crippen LogP contribution in [-0.4, -0.2) is 37.2 Å². The number of rotatable bonds is 5. The molecule has 1 saturated carbocycles. The number of alkyl halides is 3. The van der Waals surface area contributed by atoms with E-state index in [2.05, 4.69) is 25.7 Å². The molecular weight excluding hydrogens is 443 g/mol. The molecule has 0 unspecified atom stereocenters. The standard InChI is InChI=1S/C27H34F3NO3/c1-26(2,3)20-7-9-21(10-8-20)34-23-12-6-18-13-17(5-11-22(18)24(23)27(28,29)30)14-31-15-19(16-31)25(32)33-4/h5-6,11-13,19-21H,7-10,14-16H2,1-4H3/t20-,21-. The molecule has 4 rings (SSSR count). The molecule has 7 heteroatoms. The molecule has 0 atom stereocenters. The highest BCUT2D eigenvalue weighted by Crippen LogP contribution is 2.44. The number of hydrogen-bond acceptors (Lipinski definition) is 4. The quantitative estimate of drug-likeness (QED) is 0.464. The Morgan fingerprint density at radius 3 is 2.29 bits per heavy atom. The maximum absolute atomic E-state index is 14.1. The molecule has 0 radical (unpaired) electrons. The van der Waals surface area contributed by atoms with Crippen molar-refractivity contribution in [2.24, 2.45) is 17.3 Å². The summed E-state index contributed by atoms with van der Waals surface area (Å²) in [6.07, 6.45) is -1.20. The van der Waals surface area contributed by atoms with Crippen molar-refractivity contribution in [2.75, 3.05) is 20.2 Å². The van der Waals surface area contributed by atoms with Crippen LogP contribution in [0.4, 0.5) is 13.2 Å². The lowest BCUT2D eigenvalue weighted by Crippen LogP contribution is -2.49. The summed E-state index contributed by atoms with van der Waals surface area (Å²) in [5.41, 5.74) is 0.432. The molecule has 2 fully saturated rings. The van der Waals surface area contributed by atoms with Crippen molar-refractivity contribution < 1.29 is 27.4 Å². The maximum Gasteiger partial charge on any atom is 0.420 e. The number of hydrogen-bond donors (Lipinski definition) is 0. The smallest absolute Gasteiger partial charge is 0.420 e. The van der Waals surface area contributed by atoms with Gasteiger partial charge in [0.25, 0.3) is 0 Å². The minimum Gasteiger partial charge on any atom is -0.490 e. The van der Waals surface area contributed by atoms with Gasteiger partial charge in [0.1, 0.15) is 11.3 Å². The SMILES string of the molecule is COC(=O)C1CN(Cc2ccc3c(C(F)(F)F)c(O[C@H]4CC[C@H](C(C)(C)C)CC4)ccc3c2)C1. The van der Waals surface area contributed by atoms with Gasteiger partial charge in [0.05, 0.1) is 19.1 Å². The van der Waals surface area contributed by atoms with Crippen LogP contribution in [0.5, 0.6) is 5.75 Å². The van der Waals surface area contributed by atoms with Crippen molar-refractivity contribution in [2.45, 2.75) is 65.3 Å². The Morgan fingerprint density at radius 1 is 1.03 bits per heavy atom. The minimum atomic E-state index is -4.51. The fraction of sp³-hybridized carbons (Fsp3) is 0.593. The Kier molecular flexibility index (Phi) is 6.87. The lowest BCUT2D eigenvalue weighted by atomic mass is 9.72. The minimum absolute atomic E-state index is 0.0735. The van der Waals surface area contributed by atoms with Gasteiger partial charge in [-0.1, -0.05) is 39.0 Å². The van der Waals surface area contributed by atoms with E-state index in [-0.39, 0.29) is 34.5 Å². The van der Waals surface area contributed by atoms with E-state index in [9.17, 15) is 18.0 Å². The Labute approximate surface area is 199 Å². The number of fused-ring (bicyclic) bond motifs is 1. The van der Waals surface area contributed by atoms with Crippen LogP contribution in [0.3, 0.4) is 0 Å². The van der Waals surface area contributed by atoms with Crippen LogP contribution in [0.1, 0.15) is 57.6 Å². The Balaban J connectivity index is 1.50. The number of carbonyl (C=O) groups is 1. The topological polar surface area (TPSA) is 38.8 Å². The van der Waals surface area contributed by atoms with Gasteiger partial charge < -0.3 is 9.47 Å². The van der Waals surface area contributed by atoms with Gasteiger partial charge in [-0.05, 0) is 65.5 Å². The second-order valence-corrected chi connectivity index (χ2v) is 10.9.